The van der Waals surface area contributed by atoms with Gasteiger partial charge in [-0.2, -0.15) is 0 Å². The van der Waals surface area contributed by atoms with Crippen LogP contribution in [0.5, 0.6) is 0 Å². The van der Waals surface area contributed by atoms with Gasteiger partial charge in [-0.15, -0.1) is 10.2 Å². The summed E-state index contributed by atoms with van der Waals surface area (Å²) in [4.78, 5) is 8.98. The Morgan fingerprint density at radius 3 is 2.83 bits per heavy atom. The Hall–Kier alpha value is -1.73. The van der Waals surface area contributed by atoms with E-state index in [0.29, 0.717) is 12.0 Å². The molecule has 1 saturated heterocycles. The molecule has 1 atom stereocenters. The van der Waals surface area contributed by atoms with E-state index in [9.17, 15) is 0 Å². The van der Waals surface area contributed by atoms with E-state index in [2.05, 4.69) is 32.0 Å². The number of likely N-dealkylation sites (tertiary alicyclic amines) is 1. The Morgan fingerprint density at radius 1 is 1.22 bits per heavy atom. The van der Waals surface area contributed by atoms with E-state index in [0.717, 1.165) is 56.0 Å². The Labute approximate surface area is 135 Å². The summed E-state index contributed by atoms with van der Waals surface area (Å²) in [7, 11) is 2.13. The predicted octanol–water partition coefficient (Wildman–Crippen LogP) is 1.95. The zero-order valence-electron chi connectivity index (χ0n) is 13.7. The van der Waals surface area contributed by atoms with Gasteiger partial charge >= 0.3 is 0 Å². The SMILES string of the molecule is Cc1cnc(CN2CCC(N(C)Cc3nnc(C4CC4)o3)C2)o1. The molecule has 0 N–H and O–H groups in total. The van der Waals surface area contributed by atoms with E-state index in [-0.39, 0.29) is 0 Å². The molecule has 2 aromatic heterocycles. The number of rotatable bonds is 6. The molecule has 2 aliphatic rings. The van der Waals surface area contributed by atoms with Crippen LogP contribution < -0.4 is 0 Å². The Kier molecular flexibility index (Phi) is 3.90. The second-order valence-electron chi connectivity index (χ2n) is 6.77. The molecule has 1 unspecified atom stereocenters. The lowest BCUT2D eigenvalue weighted by Crippen LogP contribution is -2.34. The maximum absolute atomic E-state index is 5.76. The number of aryl methyl sites for hydroxylation is 1. The molecule has 124 valence electrons. The minimum absolute atomic E-state index is 0.502. The van der Waals surface area contributed by atoms with Crippen LogP contribution in [0.25, 0.3) is 0 Å². The summed E-state index contributed by atoms with van der Waals surface area (Å²) in [6.45, 7) is 5.51. The zero-order chi connectivity index (χ0) is 15.8. The third kappa shape index (κ3) is 3.45. The summed E-state index contributed by atoms with van der Waals surface area (Å²) in [6.07, 6.45) is 5.30. The largest absolute Gasteiger partial charge is 0.445 e. The highest BCUT2D eigenvalue weighted by molar-refractivity contribution is 5.00. The van der Waals surface area contributed by atoms with E-state index in [4.69, 9.17) is 8.83 Å². The Bertz CT molecular complexity index is 663. The van der Waals surface area contributed by atoms with Gasteiger partial charge in [-0.25, -0.2) is 4.98 Å². The lowest BCUT2D eigenvalue weighted by molar-refractivity contribution is 0.199. The maximum atomic E-state index is 5.76. The second kappa shape index (κ2) is 6.05. The molecule has 1 aliphatic carbocycles. The fraction of sp³-hybridized carbons (Fsp3) is 0.688. The van der Waals surface area contributed by atoms with Crippen molar-refractivity contribution >= 4 is 0 Å². The number of oxazole rings is 1. The van der Waals surface area contributed by atoms with Gasteiger partial charge in [0.1, 0.15) is 5.76 Å². The van der Waals surface area contributed by atoms with E-state index in [1.54, 1.807) is 6.20 Å². The molecule has 7 nitrogen and oxygen atoms in total. The minimum atomic E-state index is 0.502. The predicted molar refractivity (Wildman–Crippen MR) is 82.7 cm³/mol. The molecule has 2 aromatic rings. The van der Waals surface area contributed by atoms with Crippen LogP contribution in [0.1, 0.15) is 48.6 Å². The molecular formula is C16H23N5O2. The third-order valence-corrected chi connectivity index (χ3v) is 4.69. The summed E-state index contributed by atoms with van der Waals surface area (Å²) in [5.74, 6) is 3.75. The molecule has 3 heterocycles. The van der Waals surface area contributed by atoms with Gasteiger partial charge in [0.2, 0.25) is 17.7 Å². The van der Waals surface area contributed by atoms with Crippen LogP contribution >= 0.6 is 0 Å². The normalized spacial score (nSPS) is 22.3. The molecule has 7 heteroatoms. The number of hydrogen-bond acceptors (Lipinski definition) is 7. The number of hydrogen-bond donors (Lipinski definition) is 0. The molecule has 23 heavy (non-hydrogen) atoms. The molecule has 0 radical (unpaired) electrons. The van der Waals surface area contributed by atoms with Crippen LogP contribution in [0.3, 0.4) is 0 Å². The van der Waals surface area contributed by atoms with Crippen LogP contribution in [0.15, 0.2) is 15.0 Å². The summed E-state index contributed by atoms with van der Waals surface area (Å²) >= 11 is 0. The molecule has 0 spiro atoms. The van der Waals surface area contributed by atoms with Gasteiger partial charge < -0.3 is 8.83 Å². The highest BCUT2D eigenvalue weighted by Crippen LogP contribution is 2.39. The van der Waals surface area contributed by atoms with Crippen molar-refractivity contribution in [3.8, 4) is 0 Å². The molecule has 0 amide bonds. The van der Waals surface area contributed by atoms with Crippen LogP contribution in [-0.2, 0) is 13.1 Å². The fourth-order valence-electron chi connectivity index (χ4n) is 3.15. The quantitative estimate of drug-likeness (QED) is 0.806. The lowest BCUT2D eigenvalue weighted by atomic mass is 10.2. The van der Waals surface area contributed by atoms with Crippen molar-refractivity contribution in [2.45, 2.75) is 51.2 Å². The zero-order valence-corrected chi connectivity index (χ0v) is 13.7. The molecular weight excluding hydrogens is 294 g/mol. The van der Waals surface area contributed by atoms with Crippen molar-refractivity contribution in [2.75, 3.05) is 20.1 Å². The molecule has 1 saturated carbocycles. The van der Waals surface area contributed by atoms with Crippen molar-refractivity contribution in [3.05, 3.63) is 29.6 Å². The maximum Gasteiger partial charge on any atom is 0.230 e. The average Bonchev–Trinajstić information content (AvgIpc) is 2.93. The van der Waals surface area contributed by atoms with Gasteiger partial charge in [-0.3, -0.25) is 9.80 Å². The van der Waals surface area contributed by atoms with Gasteiger partial charge in [0.15, 0.2) is 0 Å². The average molecular weight is 317 g/mol. The number of nitrogens with zero attached hydrogens (tertiary/aromatic N) is 5. The third-order valence-electron chi connectivity index (χ3n) is 4.69. The topological polar surface area (TPSA) is 71.4 Å². The lowest BCUT2D eigenvalue weighted by Gasteiger charge is -2.22. The van der Waals surface area contributed by atoms with Crippen molar-refractivity contribution < 1.29 is 8.83 Å². The first-order valence-electron chi connectivity index (χ1n) is 8.33. The van der Waals surface area contributed by atoms with Crippen LogP contribution in [-0.4, -0.2) is 51.2 Å². The van der Waals surface area contributed by atoms with Crippen LogP contribution in [0.4, 0.5) is 0 Å². The van der Waals surface area contributed by atoms with Crippen LogP contribution in [0, 0.1) is 6.92 Å². The van der Waals surface area contributed by atoms with Gasteiger partial charge in [0.25, 0.3) is 0 Å². The van der Waals surface area contributed by atoms with Crippen molar-refractivity contribution in [1.82, 2.24) is 25.0 Å². The summed E-state index contributed by atoms with van der Waals surface area (Å²) in [5, 5.41) is 8.34. The molecule has 1 aliphatic heterocycles. The van der Waals surface area contributed by atoms with Gasteiger partial charge in [-0.1, -0.05) is 0 Å². The smallest absolute Gasteiger partial charge is 0.230 e. The van der Waals surface area contributed by atoms with E-state index in [1.807, 2.05) is 6.92 Å². The Balaban J connectivity index is 1.29. The molecule has 4 rings (SSSR count). The van der Waals surface area contributed by atoms with Crippen molar-refractivity contribution in [2.24, 2.45) is 0 Å². The number of likely N-dealkylation sites (N-methyl/N-ethyl adjacent to an activating group) is 1. The first kappa shape index (κ1) is 14.8. The van der Waals surface area contributed by atoms with E-state index in [1.165, 1.54) is 12.8 Å². The highest BCUT2D eigenvalue weighted by Gasteiger charge is 2.31. The second-order valence-corrected chi connectivity index (χ2v) is 6.77. The standard InChI is InChI=1S/C16H23N5O2/c1-11-7-17-14(22-11)10-21-6-5-13(8-21)20(2)9-15-18-19-16(23-15)12-3-4-12/h7,12-13H,3-6,8-10H2,1-2H3. The van der Waals surface area contributed by atoms with Gasteiger partial charge in [-0.05, 0) is 33.2 Å². The summed E-state index contributed by atoms with van der Waals surface area (Å²) < 4.78 is 11.3. The highest BCUT2D eigenvalue weighted by atomic mass is 16.4. The monoisotopic (exact) mass is 317 g/mol. The molecule has 0 aromatic carbocycles. The molecule has 2 fully saturated rings. The first-order valence-corrected chi connectivity index (χ1v) is 8.33. The summed E-state index contributed by atoms with van der Waals surface area (Å²) in [5.41, 5.74) is 0. The van der Waals surface area contributed by atoms with Gasteiger partial charge in [0.05, 0.1) is 19.3 Å². The van der Waals surface area contributed by atoms with Gasteiger partial charge in [0, 0.05) is 25.0 Å². The van der Waals surface area contributed by atoms with Crippen molar-refractivity contribution in [3.63, 3.8) is 0 Å². The Morgan fingerprint density at radius 2 is 2.09 bits per heavy atom. The first-order chi connectivity index (χ1) is 11.2. The summed E-state index contributed by atoms with van der Waals surface area (Å²) in [6, 6.07) is 0.502. The van der Waals surface area contributed by atoms with E-state index >= 15 is 0 Å². The minimum Gasteiger partial charge on any atom is -0.445 e. The van der Waals surface area contributed by atoms with E-state index < -0.39 is 0 Å². The van der Waals surface area contributed by atoms with Crippen LogP contribution in [0.2, 0.25) is 0 Å². The molecule has 0 bridgehead atoms. The number of aromatic nitrogens is 3. The van der Waals surface area contributed by atoms with Crippen molar-refractivity contribution in [1.29, 1.82) is 0 Å². The fourth-order valence-corrected chi connectivity index (χ4v) is 3.15.